The first-order valence-corrected chi connectivity index (χ1v) is 3.92. The summed E-state index contributed by atoms with van der Waals surface area (Å²) in [6.07, 6.45) is -0.818. The molecule has 0 saturated heterocycles. The van der Waals surface area contributed by atoms with E-state index in [4.69, 9.17) is 5.73 Å². The summed E-state index contributed by atoms with van der Waals surface area (Å²) < 4.78 is 25.4. The van der Waals surface area contributed by atoms with E-state index in [0.29, 0.717) is 6.29 Å². The van der Waals surface area contributed by atoms with E-state index in [1.54, 1.807) is 0 Å². The molecule has 0 aliphatic rings. The zero-order valence-corrected chi connectivity index (χ0v) is 7.21. The van der Waals surface area contributed by atoms with Crippen molar-refractivity contribution in [2.75, 3.05) is 6.54 Å². The van der Waals surface area contributed by atoms with Crippen molar-refractivity contribution in [1.82, 2.24) is 0 Å². The molecular weight excluding hydrogens is 192 g/mol. The van der Waals surface area contributed by atoms with Crippen LogP contribution in [0, 0.1) is 11.6 Å². The number of nitrogens with two attached hydrogens (primary N) is 1. The molecule has 0 radical (unpaired) electrons. The molecule has 0 spiro atoms. The number of aliphatic hydroxyl groups is 1. The fourth-order valence-electron chi connectivity index (χ4n) is 1.10. The number of aliphatic hydroxyl groups excluding tert-OH is 1. The van der Waals surface area contributed by atoms with E-state index in [1.165, 1.54) is 0 Å². The molecule has 0 saturated carbocycles. The second kappa shape index (κ2) is 4.26. The Morgan fingerprint density at radius 1 is 1.43 bits per heavy atom. The summed E-state index contributed by atoms with van der Waals surface area (Å²) in [6.45, 7) is -0.161. The van der Waals surface area contributed by atoms with Gasteiger partial charge < -0.3 is 10.8 Å². The molecule has 0 bridgehead atoms. The highest BCUT2D eigenvalue weighted by atomic mass is 19.2. The number of aldehydes is 1. The van der Waals surface area contributed by atoms with Crippen LogP contribution in [0.4, 0.5) is 8.78 Å². The molecule has 1 unspecified atom stereocenters. The van der Waals surface area contributed by atoms with Gasteiger partial charge in [-0.05, 0) is 17.7 Å². The van der Waals surface area contributed by atoms with Gasteiger partial charge in [-0.15, -0.1) is 0 Å². The van der Waals surface area contributed by atoms with E-state index in [-0.39, 0.29) is 17.7 Å². The lowest BCUT2D eigenvalue weighted by molar-refractivity contribution is 0.111. The number of hydrogen-bond acceptors (Lipinski definition) is 3. The summed E-state index contributed by atoms with van der Waals surface area (Å²) in [4.78, 5) is 10.5. The highest BCUT2D eigenvalue weighted by Crippen LogP contribution is 2.19. The smallest absolute Gasteiger partial charge is 0.159 e. The molecule has 14 heavy (non-hydrogen) atoms. The first kappa shape index (κ1) is 10.7. The van der Waals surface area contributed by atoms with E-state index in [9.17, 15) is 18.7 Å². The summed E-state index contributed by atoms with van der Waals surface area (Å²) in [5, 5.41) is 9.28. The summed E-state index contributed by atoms with van der Waals surface area (Å²) in [7, 11) is 0. The summed E-state index contributed by atoms with van der Waals surface area (Å²) >= 11 is 0. The lowest BCUT2D eigenvalue weighted by atomic mass is 10.0. The Bertz CT molecular complexity index is 355. The molecule has 0 aliphatic carbocycles. The molecular formula is C9H9F2NO2. The van der Waals surface area contributed by atoms with Gasteiger partial charge in [0.1, 0.15) is 0 Å². The van der Waals surface area contributed by atoms with Crippen molar-refractivity contribution < 1.29 is 18.7 Å². The van der Waals surface area contributed by atoms with Gasteiger partial charge in [-0.3, -0.25) is 4.79 Å². The largest absolute Gasteiger partial charge is 0.387 e. The number of hydrogen-bond donors (Lipinski definition) is 2. The number of carbonyl (C=O) groups is 1. The standard InChI is InChI=1S/C9H9F2NO2/c10-7-1-5(4-13)6(2-8(7)11)9(14)3-12/h1-2,4,9,14H,3,12H2. The highest BCUT2D eigenvalue weighted by Gasteiger charge is 2.14. The van der Waals surface area contributed by atoms with E-state index in [0.717, 1.165) is 12.1 Å². The van der Waals surface area contributed by atoms with Crippen LogP contribution in [0.15, 0.2) is 12.1 Å². The van der Waals surface area contributed by atoms with Gasteiger partial charge in [-0.1, -0.05) is 0 Å². The predicted octanol–water partition coefficient (Wildman–Crippen LogP) is 0.769. The van der Waals surface area contributed by atoms with Gasteiger partial charge in [0.25, 0.3) is 0 Å². The quantitative estimate of drug-likeness (QED) is 0.710. The summed E-state index contributed by atoms with van der Waals surface area (Å²) in [5.74, 6) is -2.24. The van der Waals surface area contributed by atoms with Gasteiger partial charge >= 0.3 is 0 Å². The lowest BCUT2D eigenvalue weighted by Gasteiger charge is -2.10. The van der Waals surface area contributed by atoms with Crippen molar-refractivity contribution in [2.45, 2.75) is 6.10 Å². The highest BCUT2D eigenvalue weighted by molar-refractivity contribution is 5.77. The van der Waals surface area contributed by atoms with Crippen LogP contribution in [0.25, 0.3) is 0 Å². The first-order chi connectivity index (χ1) is 6.60. The Labute approximate surface area is 79.2 Å². The Morgan fingerprint density at radius 2 is 2.00 bits per heavy atom. The third-order valence-electron chi connectivity index (χ3n) is 1.84. The van der Waals surface area contributed by atoms with Gasteiger partial charge in [0.2, 0.25) is 0 Å². The van der Waals surface area contributed by atoms with Crippen molar-refractivity contribution in [3.8, 4) is 0 Å². The van der Waals surface area contributed by atoms with Crippen molar-refractivity contribution in [3.63, 3.8) is 0 Å². The van der Waals surface area contributed by atoms with E-state index >= 15 is 0 Å². The monoisotopic (exact) mass is 201 g/mol. The van der Waals surface area contributed by atoms with Gasteiger partial charge in [0.05, 0.1) is 6.10 Å². The minimum Gasteiger partial charge on any atom is -0.387 e. The minimum absolute atomic E-state index is 0.00130. The molecule has 0 aromatic heterocycles. The molecule has 76 valence electrons. The van der Waals surface area contributed by atoms with Crippen molar-refractivity contribution in [1.29, 1.82) is 0 Å². The third kappa shape index (κ3) is 1.94. The van der Waals surface area contributed by atoms with Crippen LogP contribution in [0.5, 0.6) is 0 Å². The number of benzene rings is 1. The summed E-state index contributed by atoms with van der Waals surface area (Å²) in [5.41, 5.74) is 5.04. The molecule has 1 atom stereocenters. The molecule has 1 rings (SSSR count). The number of halogens is 2. The molecule has 5 heteroatoms. The van der Waals surface area contributed by atoms with Gasteiger partial charge in [-0.25, -0.2) is 8.78 Å². The Kier molecular flexibility index (Phi) is 3.27. The molecule has 0 heterocycles. The van der Waals surface area contributed by atoms with Gasteiger partial charge in [0.15, 0.2) is 17.9 Å². The Hall–Kier alpha value is -1.33. The first-order valence-electron chi connectivity index (χ1n) is 3.92. The molecule has 1 aromatic carbocycles. The average molecular weight is 201 g/mol. The Balaban J connectivity index is 3.26. The zero-order valence-electron chi connectivity index (χ0n) is 7.21. The molecule has 0 amide bonds. The van der Waals surface area contributed by atoms with Crippen LogP contribution >= 0.6 is 0 Å². The van der Waals surface area contributed by atoms with Crippen LogP contribution in [-0.2, 0) is 0 Å². The average Bonchev–Trinajstić information content (AvgIpc) is 2.20. The second-order valence-electron chi connectivity index (χ2n) is 2.76. The second-order valence-corrected chi connectivity index (χ2v) is 2.76. The normalized spacial score (nSPS) is 12.6. The topological polar surface area (TPSA) is 63.3 Å². The molecule has 0 fully saturated rings. The fourth-order valence-corrected chi connectivity index (χ4v) is 1.10. The maximum absolute atomic E-state index is 12.7. The SMILES string of the molecule is NCC(O)c1cc(F)c(F)cc1C=O. The van der Waals surface area contributed by atoms with Gasteiger partial charge in [-0.2, -0.15) is 0 Å². The van der Waals surface area contributed by atoms with E-state index in [1.807, 2.05) is 0 Å². The number of carbonyl (C=O) groups excluding carboxylic acids is 1. The summed E-state index contributed by atoms with van der Waals surface area (Å²) in [6, 6.07) is 1.51. The predicted molar refractivity (Wildman–Crippen MR) is 45.8 cm³/mol. The zero-order chi connectivity index (χ0) is 10.7. The van der Waals surface area contributed by atoms with Crippen molar-refractivity contribution in [3.05, 3.63) is 34.9 Å². The van der Waals surface area contributed by atoms with E-state index < -0.39 is 17.7 Å². The maximum atomic E-state index is 12.7. The fraction of sp³-hybridized carbons (Fsp3) is 0.222. The van der Waals surface area contributed by atoms with Crippen LogP contribution < -0.4 is 5.73 Å². The van der Waals surface area contributed by atoms with Crippen LogP contribution in [0.1, 0.15) is 22.0 Å². The van der Waals surface area contributed by atoms with Gasteiger partial charge in [0, 0.05) is 12.1 Å². The molecule has 3 nitrogen and oxygen atoms in total. The maximum Gasteiger partial charge on any atom is 0.159 e. The number of rotatable bonds is 3. The van der Waals surface area contributed by atoms with Crippen LogP contribution in [-0.4, -0.2) is 17.9 Å². The molecule has 0 aliphatic heterocycles. The molecule has 3 N–H and O–H groups in total. The van der Waals surface area contributed by atoms with Crippen LogP contribution in [0.3, 0.4) is 0 Å². The van der Waals surface area contributed by atoms with Crippen molar-refractivity contribution in [2.24, 2.45) is 5.73 Å². The Morgan fingerprint density at radius 3 is 2.50 bits per heavy atom. The third-order valence-corrected chi connectivity index (χ3v) is 1.84. The lowest BCUT2D eigenvalue weighted by Crippen LogP contribution is -2.14. The van der Waals surface area contributed by atoms with Crippen LogP contribution in [0.2, 0.25) is 0 Å². The molecule has 1 aromatic rings. The minimum atomic E-state index is -1.16. The van der Waals surface area contributed by atoms with E-state index in [2.05, 4.69) is 0 Å². The van der Waals surface area contributed by atoms with Crippen molar-refractivity contribution >= 4 is 6.29 Å².